The van der Waals surface area contributed by atoms with E-state index in [0.29, 0.717) is 4.47 Å². The number of fused-ring (bicyclic) bond motifs is 1. The third kappa shape index (κ3) is 3.82. The zero-order valence-corrected chi connectivity index (χ0v) is 15.1. The molecule has 1 aromatic heterocycles. The summed E-state index contributed by atoms with van der Waals surface area (Å²) in [5, 5.41) is 8.74. The molecule has 136 valence electrons. The van der Waals surface area contributed by atoms with Crippen LogP contribution in [0.5, 0.6) is 0 Å². The highest BCUT2D eigenvalue weighted by atomic mass is 79.9. The van der Waals surface area contributed by atoms with Crippen LogP contribution in [0.25, 0.3) is 11.1 Å². The fourth-order valence-electron chi connectivity index (χ4n) is 2.59. The molecular formula is C18H14BrF2NO4. The number of carbonyl (C=O) groups excluding carboxylic acids is 1. The Kier molecular flexibility index (Phi) is 5.75. The minimum absolute atomic E-state index is 0.0184. The van der Waals surface area contributed by atoms with Crippen LogP contribution in [0, 0.1) is 11.6 Å². The molecule has 3 rings (SSSR count). The summed E-state index contributed by atoms with van der Waals surface area (Å²) in [7, 11) is 0. The second kappa shape index (κ2) is 8.03. The molecule has 0 amide bonds. The van der Waals surface area contributed by atoms with E-state index in [-0.39, 0.29) is 54.0 Å². The molecule has 0 bridgehead atoms. The van der Waals surface area contributed by atoms with Gasteiger partial charge in [-0.15, -0.1) is 0 Å². The monoisotopic (exact) mass is 425 g/mol. The van der Waals surface area contributed by atoms with Crippen LogP contribution in [0.1, 0.15) is 21.5 Å². The summed E-state index contributed by atoms with van der Waals surface area (Å²) in [5.74, 6) is -1.75. The fourth-order valence-corrected chi connectivity index (χ4v) is 2.92. The number of Topliss-reactive ketones (excluding diaryl/α,β-unsaturated/α-hetero) is 1. The summed E-state index contributed by atoms with van der Waals surface area (Å²) < 4.78 is 39.8. The Morgan fingerprint density at radius 2 is 2.12 bits per heavy atom. The van der Waals surface area contributed by atoms with E-state index in [1.54, 1.807) is 6.07 Å². The maximum atomic E-state index is 14.9. The number of rotatable bonds is 7. The van der Waals surface area contributed by atoms with E-state index in [1.807, 2.05) is 0 Å². The van der Waals surface area contributed by atoms with Crippen LogP contribution in [0.15, 0.2) is 39.5 Å². The molecule has 0 radical (unpaired) electrons. The third-order valence-corrected chi connectivity index (χ3v) is 4.31. The number of ketones is 1. The molecule has 0 saturated heterocycles. The van der Waals surface area contributed by atoms with E-state index in [2.05, 4.69) is 20.9 Å². The van der Waals surface area contributed by atoms with Gasteiger partial charge in [0, 0.05) is 22.0 Å². The summed E-state index contributed by atoms with van der Waals surface area (Å²) in [6.45, 7) is -0.593. The zero-order chi connectivity index (χ0) is 18.7. The molecule has 0 spiro atoms. The number of nitrogens with zero attached hydrogens (tertiary/aromatic N) is 1. The lowest BCUT2D eigenvalue weighted by atomic mass is 9.95. The number of hydrogen-bond acceptors (Lipinski definition) is 5. The number of aliphatic hydroxyl groups excluding tert-OH is 1. The molecule has 0 saturated carbocycles. The van der Waals surface area contributed by atoms with Gasteiger partial charge < -0.3 is 14.3 Å². The third-order valence-electron chi connectivity index (χ3n) is 3.82. The van der Waals surface area contributed by atoms with Gasteiger partial charge in [0.25, 0.3) is 0 Å². The second-order valence-corrected chi connectivity index (χ2v) is 6.44. The Balaban J connectivity index is 2.04. The molecule has 5 nitrogen and oxygen atoms in total. The lowest BCUT2D eigenvalue weighted by Crippen LogP contribution is -2.15. The molecule has 0 aliphatic carbocycles. The Bertz CT molecular complexity index is 958. The van der Waals surface area contributed by atoms with E-state index in [4.69, 9.17) is 14.3 Å². The van der Waals surface area contributed by atoms with Crippen molar-refractivity contribution in [3.63, 3.8) is 0 Å². The van der Waals surface area contributed by atoms with Crippen molar-refractivity contribution < 1.29 is 27.8 Å². The van der Waals surface area contributed by atoms with Gasteiger partial charge in [-0.1, -0.05) is 22.0 Å². The van der Waals surface area contributed by atoms with Crippen LogP contribution >= 0.6 is 15.9 Å². The SMILES string of the molecule is O=C(COCCO)c1cc2ocnc2c(F)c1Cc1ccc(Br)cc1F. The van der Waals surface area contributed by atoms with Crippen molar-refractivity contribution >= 4 is 32.8 Å². The van der Waals surface area contributed by atoms with Gasteiger partial charge in [-0.25, -0.2) is 13.8 Å². The standard InChI is InChI=1S/C18H14BrF2NO4/c19-11-2-1-10(14(20)6-11)5-13-12(15(24)8-25-4-3-23)7-16-18(17(13)21)22-9-26-16/h1-2,6-7,9,23H,3-5,8H2. The first kappa shape index (κ1) is 18.6. The maximum Gasteiger partial charge on any atom is 0.188 e. The van der Waals surface area contributed by atoms with E-state index in [1.165, 1.54) is 18.2 Å². The van der Waals surface area contributed by atoms with Crippen LogP contribution in [-0.4, -0.2) is 35.7 Å². The molecule has 0 unspecified atom stereocenters. The van der Waals surface area contributed by atoms with Gasteiger partial charge in [-0.3, -0.25) is 4.79 Å². The molecule has 1 N–H and O–H groups in total. The van der Waals surface area contributed by atoms with Crippen LogP contribution in [0.3, 0.4) is 0 Å². The van der Waals surface area contributed by atoms with E-state index < -0.39 is 17.4 Å². The minimum Gasteiger partial charge on any atom is -0.443 e. The summed E-state index contributed by atoms with van der Waals surface area (Å²) >= 11 is 3.17. The largest absolute Gasteiger partial charge is 0.443 e. The van der Waals surface area contributed by atoms with Gasteiger partial charge in [0.1, 0.15) is 17.9 Å². The van der Waals surface area contributed by atoms with E-state index in [9.17, 15) is 13.6 Å². The lowest BCUT2D eigenvalue weighted by molar-refractivity contribution is 0.0662. The molecule has 2 aromatic carbocycles. The van der Waals surface area contributed by atoms with Crippen molar-refractivity contribution in [2.24, 2.45) is 0 Å². The second-order valence-electron chi connectivity index (χ2n) is 5.53. The number of hydrogen-bond donors (Lipinski definition) is 1. The van der Waals surface area contributed by atoms with Gasteiger partial charge in [-0.2, -0.15) is 0 Å². The average Bonchev–Trinajstić information content (AvgIpc) is 3.08. The van der Waals surface area contributed by atoms with Crippen molar-refractivity contribution in [2.75, 3.05) is 19.8 Å². The van der Waals surface area contributed by atoms with E-state index >= 15 is 0 Å². The number of benzene rings is 2. The Hall–Kier alpha value is -2.16. The highest BCUT2D eigenvalue weighted by Gasteiger charge is 2.22. The molecule has 26 heavy (non-hydrogen) atoms. The highest BCUT2D eigenvalue weighted by molar-refractivity contribution is 9.10. The normalized spacial score (nSPS) is 11.2. The molecule has 0 aliphatic rings. The summed E-state index contributed by atoms with van der Waals surface area (Å²) in [6.07, 6.45) is 0.947. The van der Waals surface area contributed by atoms with Crippen LogP contribution < -0.4 is 0 Å². The minimum atomic E-state index is -0.732. The van der Waals surface area contributed by atoms with Crippen LogP contribution in [0.2, 0.25) is 0 Å². The number of aliphatic hydroxyl groups is 1. The Morgan fingerprint density at radius 3 is 2.85 bits per heavy atom. The average molecular weight is 426 g/mol. The molecule has 1 heterocycles. The fraction of sp³-hybridized carbons (Fsp3) is 0.222. The first-order valence-electron chi connectivity index (χ1n) is 7.71. The number of halogens is 3. The van der Waals surface area contributed by atoms with Crippen molar-refractivity contribution in [3.8, 4) is 0 Å². The quantitative estimate of drug-likeness (QED) is 0.461. The first-order chi connectivity index (χ1) is 12.5. The number of aromatic nitrogens is 1. The van der Waals surface area contributed by atoms with Gasteiger partial charge >= 0.3 is 0 Å². The van der Waals surface area contributed by atoms with Crippen molar-refractivity contribution in [1.82, 2.24) is 4.98 Å². The summed E-state index contributed by atoms with van der Waals surface area (Å²) in [6, 6.07) is 5.80. The lowest BCUT2D eigenvalue weighted by Gasteiger charge is -2.12. The van der Waals surface area contributed by atoms with Gasteiger partial charge in [-0.05, 0) is 23.8 Å². The first-order valence-corrected chi connectivity index (χ1v) is 8.51. The maximum absolute atomic E-state index is 14.9. The summed E-state index contributed by atoms with van der Waals surface area (Å²) in [5.41, 5.74) is 0.385. The highest BCUT2D eigenvalue weighted by Crippen LogP contribution is 2.28. The Morgan fingerprint density at radius 1 is 1.31 bits per heavy atom. The van der Waals surface area contributed by atoms with Crippen molar-refractivity contribution in [1.29, 1.82) is 0 Å². The van der Waals surface area contributed by atoms with E-state index in [0.717, 1.165) is 6.39 Å². The van der Waals surface area contributed by atoms with Gasteiger partial charge in [0.05, 0.1) is 13.2 Å². The van der Waals surface area contributed by atoms with Crippen molar-refractivity contribution in [2.45, 2.75) is 6.42 Å². The molecule has 0 atom stereocenters. The molecule has 3 aromatic rings. The molecular weight excluding hydrogens is 412 g/mol. The number of ether oxygens (including phenoxy) is 1. The van der Waals surface area contributed by atoms with Gasteiger partial charge in [0.2, 0.25) is 0 Å². The topological polar surface area (TPSA) is 72.6 Å². The molecule has 0 aliphatic heterocycles. The predicted molar refractivity (Wildman–Crippen MR) is 93.1 cm³/mol. The molecule has 0 fully saturated rings. The predicted octanol–water partition coefficient (Wildman–Crippen LogP) is 3.65. The smallest absolute Gasteiger partial charge is 0.188 e. The van der Waals surface area contributed by atoms with Crippen LogP contribution in [0.4, 0.5) is 8.78 Å². The molecule has 8 heteroatoms. The zero-order valence-electron chi connectivity index (χ0n) is 13.5. The number of carbonyl (C=O) groups is 1. The number of oxazole rings is 1. The van der Waals surface area contributed by atoms with Gasteiger partial charge in [0.15, 0.2) is 23.6 Å². The van der Waals surface area contributed by atoms with Crippen LogP contribution in [-0.2, 0) is 11.2 Å². The summed E-state index contributed by atoms with van der Waals surface area (Å²) in [4.78, 5) is 16.3. The van der Waals surface area contributed by atoms with Crippen molar-refractivity contribution in [3.05, 3.63) is 63.5 Å². The Labute approximate surface area is 155 Å².